The number of anilines is 1. The van der Waals surface area contributed by atoms with Crippen molar-refractivity contribution in [3.05, 3.63) is 42.5 Å². The lowest BCUT2D eigenvalue weighted by molar-refractivity contribution is 0.0692. The predicted molar refractivity (Wildman–Crippen MR) is 70.2 cm³/mol. The summed E-state index contributed by atoms with van der Waals surface area (Å²) in [5.41, 5.74) is 6.05. The van der Waals surface area contributed by atoms with Crippen LogP contribution in [0.2, 0.25) is 0 Å². The van der Waals surface area contributed by atoms with Crippen molar-refractivity contribution in [2.75, 3.05) is 12.3 Å². The zero-order valence-corrected chi connectivity index (χ0v) is 10.3. The van der Waals surface area contributed by atoms with Crippen molar-refractivity contribution in [1.82, 2.24) is 9.55 Å². The van der Waals surface area contributed by atoms with Crippen LogP contribution in [0.15, 0.2) is 36.9 Å². The second-order valence-corrected chi connectivity index (χ2v) is 4.06. The molecule has 0 fully saturated rings. The molecule has 0 atom stereocenters. The molecule has 0 bridgehead atoms. The smallest absolute Gasteiger partial charge is 0.339 e. The number of nitrogens with two attached hydrogens (primary N) is 1. The number of ether oxygens (including phenoxy) is 1. The first kappa shape index (κ1) is 12.9. The van der Waals surface area contributed by atoms with Crippen molar-refractivity contribution in [1.29, 1.82) is 0 Å². The minimum Gasteiger partial charge on any atom is -0.493 e. The summed E-state index contributed by atoms with van der Waals surface area (Å²) in [5, 5.41) is 9.05. The molecule has 100 valence electrons. The van der Waals surface area contributed by atoms with Gasteiger partial charge in [0.05, 0.1) is 12.9 Å². The van der Waals surface area contributed by atoms with Gasteiger partial charge in [-0.2, -0.15) is 0 Å². The minimum atomic E-state index is -1.04. The molecule has 0 amide bonds. The normalized spacial score (nSPS) is 10.3. The molecule has 1 heterocycles. The number of carboxylic acid groups (broad SMARTS) is 1. The van der Waals surface area contributed by atoms with Crippen molar-refractivity contribution in [2.24, 2.45) is 0 Å². The van der Waals surface area contributed by atoms with Crippen molar-refractivity contribution in [3.63, 3.8) is 0 Å². The molecule has 6 nitrogen and oxygen atoms in total. The van der Waals surface area contributed by atoms with Gasteiger partial charge in [-0.05, 0) is 24.6 Å². The highest BCUT2D eigenvalue weighted by molar-refractivity contribution is 5.92. The van der Waals surface area contributed by atoms with Gasteiger partial charge in [0.15, 0.2) is 0 Å². The first-order valence-corrected chi connectivity index (χ1v) is 5.88. The van der Waals surface area contributed by atoms with Crippen LogP contribution >= 0.6 is 0 Å². The Morgan fingerprint density at radius 2 is 2.32 bits per heavy atom. The average Bonchev–Trinajstić information content (AvgIpc) is 2.89. The van der Waals surface area contributed by atoms with Gasteiger partial charge in [0.25, 0.3) is 0 Å². The predicted octanol–water partition coefficient (Wildman–Crippen LogP) is 1.63. The highest BCUT2D eigenvalue weighted by Crippen LogP contribution is 2.21. The molecule has 2 aromatic rings. The zero-order chi connectivity index (χ0) is 13.7. The molecular weight excluding hydrogens is 246 g/mol. The van der Waals surface area contributed by atoms with Crippen molar-refractivity contribution in [2.45, 2.75) is 13.0 Å². The summed E-state index contributed by atoms with van der Waals surface area (Å²) >= 11 is 0. The lowest BCUT2D eigenvalue weighted by atomic mass is 10.2. The van der Waals surface area contributed by atoms with E-state index in [0.717, 1.165) is 13.0 Å². The number of aryl methyl sites for hydroxylation is 1. The van der Waals surface area contributed by atoms with Gasteiger partial charge in [0.1, 0.15) is 11.3 Å². The van der Waals surface area contributed by atoms with Gasteiger partial charge in [0.2, 0.25) is 0 Å². The second kappa shape index (κ2) is 5.90. The Morgan fingerprint density at radius 3 is 3.00 bits per heavy atom. The first-order valence-electron chi connectivity index (χ1n) is 5.88. The van der Waals surface area contributed by atoms with E-state index in [1.165, 1.54) is 6.07 Å². The van der Waals surface area contributed by atoms with E-state index >= 15 is 0 Å². The van der Waals surface area contributed by atoms with Gasteiger partial charge in [0, 0.05) is 24.6 Å². The Kier molecular flexibility index (Phi) is 4.02. The molecule has 0 unspecified atom stereocenters. The van der Waals surface area contributed by atoms with Crippen molar-refractivity contribution < 1.29 is 14.6 Å². The number of rotatable bonds is 6. The molecule has 0 spiro atoms. The monoisotopic (exact) mass is 261 g/mol. The summed E-state index contributed by atoms with van der Waals surface area (Å²) in [4.78, 5) is 15.0. The lowest BCUT2D eigenvalue weighted by Gasteiger charge is -2.10. The van der Waals surface area contributed by atoms with Crippen LogP contribution in [-0.4, -0.2) is 27.2 Å². The fraction of sp³-hybridized carbons (Fsp3) is 0.231. The van der Waals surface area contributed by atoms with Crippen molar-refractivity contribution in [3.8, 4) is 5.75 Å². The van der Waals surface area contributed by atoms with Gasteiger partial charge in [-0.25, -0.2) is 9.78 Å². The first-order chi connectivity index (χ1) is 9.16. The van der Waals surface area contributed by atoms with Crippen LogP contribution in [0.3, 0.4) is 0 Å². The summed E-state index contributed by atoms with van der Waals surface area (Å²) < 4.78 is 7.42. The molecule has 0 aliphatic carbocycles. The Morgan fingerprint density at radius 1 is 1.47 bits per heavy atom. The zero-order valence-electron chi connectivity index (χ0n) is 10.3. The molecule has 19 heavy (non-hydrogen) atoms. The fourth-order valence-electron chi connectivity index (χ4n) is 1.69. The molecular formula is C13H15N3O3. The fourth-order valence-corrected chi connectivity index (χ4v) is 1.69. The van der Waals surface area contributed by atoms with E-state index in [9.17, 15) is 4.79 Å². The summed E-state index contributed by atoms with van der Waals surface area (Å²) in [6, 6.07) is 4.60. The number of carboxylic acids is 1. The number of hydrogen-bond acceptors (Lipinski definition) is 4. The quantitative estimate of drug-likeness (QED) is 0.609. The molecule has 0 saturated heterocycles. The number of aromatic carboxylic acids is 1. The average molecular weight is 261 g/mol. The Balaban J connectivity index is 1.90. The lowest BCUT2D eigenvalue weighted by Crippen LogP contribution is -2.07. The van der Waals surface area contributed by atoms with Crippen LogP contribution in [0, 0.1) is 0 Å². The van der Waals surface area contributed by atoms with Gasteiger partial charge in [-0.15, -0.1) is 0 Å². The van der Waals surface area contributed by atoms with Crippen LogP contribution in [-0.2, 0) is 6.54 Å². The number of nitrogen functional groups attached to an aromatic ring is 1. The maximum Gasteiger partial charge on any atom is 0.339 e. The number of aromatic nitrogens is 2. The van der Waals surface area contributed by atoms with Crippen LogP contribution in [0.5, 0.6) is 5.75 Å². The van der Waals surface area contributed by atoms with E-state index in [1.54, 1.807) is 24.7 Å². The molecule has 6 heteroatoms. The molecule has 0 aliphatic heterocycles. The third-order valence-corrected chi connectivity index (χ3v) is 2.61. The standard InChI is InChI=1S/C13H15N3O3/c14-10-2-3-12(11(8-10)13(17)18)19-7-1-5-16-6-4-15-9-16/h2-4,6,8-9H,1,5,7,14H2,(H,17,18). The molecule has 3 N–H and O–H groups in total. The van der Waals surface area contributed by atoms with E-state index < -0.39 is 5.97 Å². The van der Waals surface area contributed by atoms with Gasteiger partial charge in [-0.1, -0.05) is 0 Å². The molecule has 0 saturated carbocycles. The Hall–Kier alpha value is -2.50. The summed E-state index contributed by atoms with van der Waals surface area (Å²) in [6.45, 7) is 1.21. The highest BCUT2D eigenvalue weighted by Gasteiger charge is 2.11. The summed E-state index contributed by atoms with van der Waals surface area (Å²) in [6.07, 6.45) is 6.07. The Bertz CT molecular complexity index is 552. The van der Waals surface area contributed by atoms with Crippen LogP contribution in [0.1, 0.15) is 16.8 Å². The highest BCUT2D eigenvalue weighted by atomic mass is 16.5. The van der Waals surface area contributed by atoms with E-state index in [-0.39, 0.29) is 5.56 Å². The number of imidazole rings is 1. The van der Waals surface area contributed by atoms with Gasteiger partial charge >= 0.3 is 5.97 Å². The Labute approximate surface area is 110 Å². The van der Waals surface area contributed by atoms with Crippen LogP contribution in [0.4, 0.5) is 5.69 Å². The van der Waals surface area contributed by atoms with E-state index in [2.05, 4.69) is 4.98 Å². The number of benzene rings is 1. The SMILES string of the molecule is Nc1ccc(OCCCn2ccnc2)c(C(=O)O)c1. The third-order valence-electron chi connectivity index (χ3n) is 2.61. The number of hydrogen-bond donors (Lipinski definition) is 2. The van der Waals surface area contributed by atoms with Gasteiger partial charge < -0.3 is 20.1 Å². The summed E-state index contributed by atoms with van der Waals surface area (Å²) in [7, 11) is 0. The van der Waals surface area contributed by atoms with Gasteiger partial charge in [-0.3, -0.25) is 0 Å². The molecule has 1 aromatic heterocycles. The topological polar surface area (TPSA) is 90.4 Å². The van der Waals surface area contributed by atoms with Crippen LogP contribution in [0.25, 0.3) is 0 Å². The van der Waals surface area contributed by atoms with Crippen molar-refractivity contribution >= 4 is 11.7 Å². The number of nitrogens with zero attached hydrogens (tertiary/aromatic N) is 2. The third kappa shape index (κ3) is 3.48. The largest absolute Gasteiger partial charge is 0.493 e. The number of carbonyl (C=O) groups is 1. The molecule has 1 aromatic carbocycles. The maximum absolute atomic E-state index is 11.0. The van der Waals surface area contributed by atoms with E-state index in [4.69, 9.17) is 15.6 Å². The van der Waals surface area contributed by atoms with E-state index in [1.807, 2.05) is 10.8 Å². The molecule has 0 aliphatic rings. The summed E-state index contributed by atoms with van der Waals surface area (Å²) in [5.74, 6) is -0.704. The van der Waals surface area contributed by atoms with Crippen LogP contribution < -0.4 is 10.5 Å². The second-order valence-electron chi connectivity index (χ2n) is 4.06. The van der Waals surface area contributed by atoms with E-state index in [0.29, 0.717) is 18.0 Å². The molecule has 2 rings (SSSR count). The maximum atomic E-state index is 11.0. The molecule has 0 radical (unpaired) electrons. The minimum absolute atomic E-state index is 0.0858.